The van der Waals surface area contributed by atoms with Gasteiger partial charge >= 0.3 is 0 Å². The van der Waals surface area contributed by atoms with Gasteiger partial charge in [0.25, 0.3) is 0 Å². The maximum absolute atomic E-state index is 12.5. The number of aromatic hydroxyl groups is 1. The smallest absolute Gasteiger partial charge is 0.193 e. The first-order valence-corrected chi connectivity index (χ1v) is 7.96. The summed E-state index contributed by atoms with van der Waals surface area (Å²) in [6.45, 7) is 1.97. The van der Waals surface area contributed by atoms with Crippen molar-refractivity contribution < 1.29 is 9.52 Å². The summed E-state index contributed by atoms with van der Waals surface area (Å²) in [4.78, 5) is 12.7. The van der Waals surface area contributed by atoms with Crippen molar-refractivity contribution in [3.63, 3.8) is 0 Å². The van der Waals surface area contributed by atoms with E-state index in [1.807, 2.05) is 37.3 Å². The first kappa shape index (κ1) is 14.9. The molecule has 0 amide bonds. The first-order valence-electron chi connectivity index (χ1n) is 7.04. The molecular formula is C18H15BrO3. The van der Waals surface area contributed by atoms with Crippen LogP contribution >= 0.6 is 15.9 Å². The van der Waals surface area contributed by atoms with E-state index >= 15 is 0 Å². The van der Waals surface area contributed by atoms with Crippen LogP contribution in [-0.4, -0.2) is 9.93 Å². The monoisotopic (exact) mass is 358 g/mol. The second kappa shape index (κ2) is 5.97. The molecule has 0 aliphatic rings. The molecule has 0 bridgehead atoms. The third kappa shape index (κ3) is 2.79. The lowest BCUT2D eigenvalue weighted by atomic mass is 10.0. The lowest BCUT2D eigenvalue weighted by Gasteiger charge is -2.10. The number of halogens is 1. The standard InChI is InChI=1S/C18H15BrO3/c1-11(19)9-13-14(20)7-8-16-18(13)15(21)10-17(22-16)12-5-3-2-4-6-12/h2-8,10-11,20H,9H2,1H3/t11-/m0/s1. The van der Waals surface area contributed by atoms with Crippen molar-refractivity contribution in [2.75, 3.05) is 0 Å². The van der Waals surface area contributed by atoms with Gasteiger partial charge in [-0.15, -0.1) is 0 Å². The van der Waals surface area contributed by atoms with E-state index in [9.17, 15) is 9.90 Å². The van der Waals surface area contributed by atoms with Gasteiger partial charge in [0.15, 0.2) is 5.43 Å². The zero-order valence-corrected chi connectivity index (χ0v) is 13.6. The Kier molecular flexibility index (Phi) is 4.03. The van der Waals surface area contributed by atoms with Crippen molar-refractivity contribution in [2.24, 2.45) is 0 Å². The van der Waals surface area contributed by atoms with Crippen LogP contribution in [0.1, 0.15) is 12.5 Å². The molecule has 3 aromatic rings. The number of hydrogen-bond donors (Lipinski definition) is 1. The quantitative estimate of drug-likeness (QED) is 0.701. The summed E-state index contributed by atoms with van der Waals surface area (Å²) in [5.74, 6) is 0.653. The minimum absolute atomic E-state index is 0.124. The Labute approximate surface area is 136 Å². The summed E-state index contributed by atoms with van der Waals surface area (Å²) in [6.07, 6.45) is 0.554. The molecule has 4 heteroatoms. The van der Waals surface area contributed by atoms with Gasteiger partial charge in [-0.25, -0.2) is 0 Å². The highest BCUT2D eigenvalue weighted by Gasteiger charge is 2.15. The predicted octanol–water partition coefficient (Wildman–Crippen LogP) is 4.49. The van der Waals surface area contributed by atoms with Crippen LogP contribution in [0.3, 0.4) is 0 Å². The molecule has 1 atom stereocenters. The second-order valence-corrected chi connectivity index (χ2v) is 6.83. The zero-order chi connectivity index (χ0) is 15.7. The van der Waals surface area contributed by atoms with Gasteiger partial charge in [-0.3, -0.25) is 4.79 Å². The number of rotatable bonds is 3. The molecule has 0 saturated carbocycles. The normalized spacial score (nSPS) is 12.5. The Morgan fingerprint density at radius 2 is 1.91 bits per heavy atom. The van der Waals surface area contributed by atoms with Crippen LogP contribution in [-0.2, 0) is 6.42 Å². The van der Waals surface area contributed by atoms with Gasteiger partial charge in [-0.1, -0.05) is 53.2 Å². The molecule has 0 fully saturated rings. The predicted molar refractivity (Wildman–Crippen MR) is 91.7 cm³/mol. The summed E-state index contributed by atoms with van der Waals surface area (Å²) in [7, 11) is 0. The fourth-order valence-electron chi connectivity index (χ4n) is 2.54. The molecule has 22 heavy (non-hydrogen) atoms. The Bertz CT molecular complexity index is 867. The fraction of sp³-hybridized carbons (Fsp3) is 0.167. The highest BCUT2D eigenvalue weighted by molar-refractivity contribution is 9.09. The van der Waals surface area contributed by atoms with Gasteiger partial charge in [0.1, 0.15) is 17.1 Å². The Morgan fingerprint density at radius 3 is 2.59 bits per heavy atom. The van der Waals surface area contributed by atoms with Crippen molar-refractivity contribution in [2.45, 2.75) is 18.2 Å². The van der Waals surface area contributed by atoms with Gasteiger partial charge in [0, 0.05) is 22.0 Å². The Hall–Kier alpha value is -2.07. The highest BCUT2D eigenvalue weighted by atomic mass is 79.9. The van der Waals surface area contributed by atoms with E-state index in [1.54, 1.807) is 12.1 Å². The first-order chi connectivity index (χ1) is 10.6. The number of benzene rings is 2. The van der Waals surface area contributed by atoms with Crippen molar-refractivity contribution in [1.82, 2.24) is 0 Å². The number of fused-ring (bicyclic) bond motifs is 1. The Morgan fingerprint density at radius 1 is 1.18 bits per heavy atom. The summed E-state index contributed by atoms with van der Waals surface area (Å²) in [5, 5.41) is 10.5. The van der Waals surface area contributed by atoms with E-state index in [0.29, 0.717) is 28.7 Å². The van der Waals surface area contributed by atoms with Gasteiger partial charge in [-0.05, 0) is 18.6 Å². The molecule has 112 valence electrons. The average Bonchev–Trinajstić information content (AvgIpc) is 2.50. The van der Waals surface area contributed by atoms with Gasteiger partial charge in [0.2, 0.25) is 0 Å². The van der Waals surface area contributed by atoms with E-state index in [2.05, 4.69) is 15.9 Å². The fourth-order valence-corrected chi connectivity index (χ4v) is 2.87. The third-order valence-corrected chi connectivity index (χ3v) is 3.85. The molecule has 0 radical (unpaired) electrons. The van der Waals surface area contributed by atoms with Crippen molar-refractivity contribution in [3.8, 4) is 17.1 Å². The van der Waals surface area contributed by atoms with Crippen LogP contribution in [0.2, 0.25) is 0 Å². The molecule has 1 heterocycles. The zero-order valence-electron chi connectivity index (χ0n) is 12.0. The number of phenols is 1. The summed E-state index contributed by atoms with van der Waals surface area (Å²) in [6, 6.07) is 14.2. The van der Waals surface area contributed by atoms with E-state index in [1.165, 1.54) is 6.07 Å². The molecule has 0 saturated heterocycles. The van der Waals surface area contributed by atoms with Crippen molar-refractivity contribution >= 4 is 26.9 Å². The largest absolute Gasteiger partial charge is 0.508 e. The number of alkyl halides is 1. The molecule has 1 aromatic heterocycles. The van der Waals surface area contributed by atoms with E-state index in [4.69, 9.17) is 4.42 Å². The Balaban J connectivity index is 2.25. The molecule has 1 N–H and O–H groups in total. The van der Waals surface area contributed by atoms with Crippen LogP contribution in [0.5, 0.6) is 5.75 Å². The van der Waals surface area contributed by atoms with Crippen molar-refractivity contribution in [1.29, 1.82) is 0 Å². The molecule has 0 spiro atoms. The highest BCUT2D eigenvalue weighted by Crippen LogP contribution is 2.30. The molecule has 2 aromatic carbocycles. The topological polar surface area (TPSA) is 50.4 Å². The van der Waals surface area contributed by atoms with Crippen LogP contribution in [0.25, 0.3) is 22.3 Å². The molecule has 0 aliphatic heterocycles. The lowest BCUT2D eigenvalue weighted by Crippen LogP contribution is -2.07. The van der Waals surface area contributed by atoms with Gasteiger partial charge in [0.05, 0.1) is 5.39 Å². The van der Waals surface area contributed by atoms with Crippen LogP contribution < -0.4 is 5.43 Å². The minimum atomic E-state index is -0.140. The van der Waals surface area contributed by atoms with Crippen molar-refractivity contribution in [3.05, 3.63) is 64.3 Å². The third-order valence-electron chi connectivity index (χ3n) is 3.52. The molecule has 3 nitrogen and oxygen atoms in total. The maximum Gasteiger partial charge on any atom is 0.193 e. The van der Waals surface area contributed by atoms with E-state index < -0.39 is 0 Å². The molecule has 3 rings (SSSR count). The SMILES string of the molecule is C[C@H](Br)Cc1c(O)ccc2oc(-c3ccccc3)cc(=O)c12. The average molecular weight is 359 g/mol. The summed E-state index contributed by atoms with van der Waals surface area (Å²) < 4.78 is 5.88. The minimum Gasteiger partial charge on any atom is -0.508 e. The maximum atomic E-state index is 12.5. The van der Waals surface area contributed by atoms with Crippen LogP contribution in [0, 0.1) is 0 Å². The summed E-state index contributed by atoms with van der Waals surface area (Å²) in [5.41, 5.74) is 1.83. The second-order valence-electron chi connectivity index (χ2n) is 5.26. The lowest BCUT2D eigenvalue weighted by molar-refractivity contribution is 0.468. The van der Waals surface area contributed by atoms with E-state index in [-0.39, 0.29) is 16.0 Å². The number of phenolic OH excluding ortho intramolecular Hbond substituents is 1. The number of hydrogen-bond acceptors (Lipinski definition) is 3. The van der Waals surface area contributed by atoms with Crippen LogP contribution in [0.4, 0.5) is 0 Å². The van der Waals surface area contributed by atoms with Crippen LogP contribution in [0.15, 0.2) is 57.7 Å². The van der Waals surface area contributed by atoms with E-state index in [0.717, 1.165) is 5.56 Å². The molecule has 0 unspecified atom stereocenters. The molecule has 0 aliphatic carbocycles. The van der Waals surface area contributed by atoms with Gasteiger partial charge < -0.3 is 9.52 Å². The molecular weight excluding hydrogens is 344 g/mol. The summed E-state index contributed by atoms with van der Waals surface area (Å²) >= 11 is 3.46. The van der Waals surface area contributed by atoms with Gasteiger partial charge in [-0.2, -0.15) is 0 Å².